The summed E-state index contributed by atoms with van der Waals surface area (Å²) in [5, 5.41) is 0. The van der Waals surface area contributed by atoms with Gasteiger partial charge in [0.25, 0.3) is 0 Å². The van der Waals surface area contributed by atoms with Gasteiger partial charge in [0.15, 0.2) is 12.4 Å². The predicted molar refractivity (Wildman–Crippen MR) is 114 cm³/mol. The predicted octanol–water partition coefficient (Wildman–Crippen LogP) is 5.64. The number of allylic oxidation sites excluding steroid dienone is 2. The molecule has 0 saturated heterocycles. The third-order valence-corrected chi connectivity index (χ3v) is 4.51. The molecule has 2 heteroatoms. The average Bonchev–Trinajstić information content (AvgIpc) is 2.67. The molecule has 0 radical (unpaired) electrons. The molecule has 1 aromatic carbocycles. The molecule has 2 nitrogen and oxygen atoms in total. The number of benzene rings is 1. The first kappa shape index (κ1) is 20.0. The number of pyridine rings is 1. The number of rotatable bonds is 10. The Morgan fingerprint density at radius 3 is 1.77 bits per heavy atom. The van der Waals surface area contributed by atoms with E-state index >= 15 is 0 Å². The molecule has 0 aliphatic rings. The van der Waals surface area contributed by atoms with Crippen LogP contribution in [0, 0.1) is 0 Å². The van der Waals surface area contributed by atoms with Gasteiger partial charge in [0.1, 0.15) is 7.05 Å². The summed E-state index contributed by atoms with van der Waals surface area (Å²) >= 11 is 0. The maximum atomic E-state index is 2.52. The van der Waals surface area contributed by atoms with Crippen molar-refractivity contribution >= 4 is 17.8 Å². The molecule has 2 rings (SSSR count). The van der Waals surface area contributed by atoms with E-state index < -0.39 is 0 Å². The van der Waals surface area contributed by atoms with Crippen molar-refractivity contribution in [1.82, 2.24) is 0 Å². The van der Waals surface area contributed by atoms with Gasteiger partial charge >= 0.3 is 0 Å². The lowest BCUT2D eigenvalue weighted by molar-refractivity contribution is -0.671. The molecular weight excluding hydrogens is 316 g/mol. The van der Waals surface area contributed by atoms with Crippen molar-refractivity contribution in [1.29, 1.82) is 0 Å². The molecule has 138 valence electrons. The molecule has 0 spiro atoms. The Balaban J connectivity index is 1.95. The quantitative estimate of drug-likeness (QED) is 0.397. The van der Waals surface area contributed by atoms with Crippen LogP contribution in [0.3, 0.4) is 0 Å². The van der Waals surface area contributed by atoms with E-state index in [1.807, 2.05) is 11.6 Å². The summed E-state index contributed by atoms with van der Waals surface area (Å²) in [6, 6.07) is 13.2. The molecule has 1 heterocycles. The number of aryl methyl sites for hydroxylation is 1. The molecule has 26 heavy (non-hydrogen) atoms. The first-order valence-corrected chi connectivity index (χ1v) is 9.88. The van der Waals surface area contributed by atoms with Crippen LogP contribution in [0.25, 0.3) is 12.2 Å². The second kappa shape index (κ2) is 11.3. The molecule has 0 saturated carbocycles. The van der Waals surface area contributed by atoms with E-state index in [1.54, 1.807) is 0 Å². The summed E-state index contributed by atoms with van der Waals surface area (Å²) in [6.45, 7) is 6.83. The van der Waals surface area contributed by atoms with Crippen molar-refractivity contribution < 1.29 is 4.57 Å². The fourth-order valence-corrected chi connectivity index (χ4v) is 2.82. The van der Waals surface area contributed by atoms with E-state index in [9.17, 15) is 0 Å². The molecule has 0 amide bonds. The maximum absolute atomic E-state index is 2.52. The van der Waals surface area contributed by atoms with Crippen LogP contribution >= 0.6 is 0 Å². The second-order valence-electron chi connectivity index (χ2n) is 6.80. The molecule has 0 fully saturated rings. The molecule has 0 unspecified atom stereocenters. The van der Waals surface area contributed by atoms with Crippen molar-refractivity contribution in [3.8, 4) is 0 Å². The summed E-state index contributed by atoms with van der Waals surface area (Å²) in [6.07, 6.45) is 17.6. The number of nitrogens with zero attached hydrogens (tertiary/aromatic N) is 2. The van der Waals surface area contributed by atoms with Gasteiger partial charge in [-0.05, 0) is 36.1 Å². The van der Waals surface area contributed by atoms with Crippen LogP contribution in [-0.4, -0.2) is 13.1 Å². The van der Waals surface area contributed by atoms with Crippen LogP contribution in [0.15, 0.2) is 60.9 Å². The van der Waals surface area contributed by atoms with Crippen LogP contribution in [0.5, 0.6) is 0 Å². The van der Waals surface area contributed by atoms with Crippen molar-refractivity contribution in [3.05, 3.63) is 72.1 Å². The summed E-state index contributed by atoms with van der Waals surface area (Å²) in [5.41, 5.74) is 3.80. The lowest BCUT2D eigenvalue weighted by Gasteiger charge is -2.24. The smallest absolute Gasteiger partial charge is 0.169 e. The fraction of sp³-hybridized carbons (Fsp3) is 0.375. The van der Waals surface area contributed by atoms with E-state index in [-0.39, 0.29) is 0 Å². The highest BCUT2D eigenvalue weighted by atomic mass is 15.1. The van der Waals surface area contributed by atoms with Gasteiger partial charge < -0.3 is 4.90 Å². The van der Waals surface area contributed by atoms with Crippen LogP contribution in [-0.2, 0) is 7.05 Å². The normalized spacial score (nSPS) is 11.5. The first-order chi connectivity index (χ1) is 12.7. The van der Waals surface area contributed by atoms with Gasteiger partial charge in [-0.1, -0.05) is 63.1 Å². The molecule has 2 aromatic rings. The van der Waals surface area contributed by atoms with Gasteiger partial charge in [0.2, 0.25) is 0 Å². The van der Waals surface area contributed by atoms with Gasteiger partial charge in [-0.25, -0.2) is 4.57 Å². The van der Waals surface area contributed by atoms with E-state index in [2.05, 4.69) is 91.8 Å². The van der Waals surface area contributed by atoms with Crippen LogP contribution in [0.2, 0.25) is 0 Å². The largest absolute Gasteiger partial charge is 0.372 e. The van der Waals surface area contributed by atoms with Gasteiger partial charge in [-0.15, -0.1) is 0 Å². The molecule has 0 aliphatic heterocycles. The van der Waals surface area contributed by atoms with Gasteiger partial charge in [-0.3, -0.25) is 0 Å². The summed E-state index contributed by atoms with van der Waals surface area (Å²) in [7, 11) is 2.03. The number of anilines is 1. The Kier molecular flexibility index (Phi) is 8.68. The minimum Gasteiger partial charge on any atom is -0.372 e. The zero-order chi connectivity index (χ0) is 18.6. The molecule has 0 atom stereocenters. The number of hydrogen-bond acceptors (Lipinski definition) is 1. The van der Waals surface area contributed by atoms with Crippen molar-refractivity contribution in [3.63, 3.8) is 0 Å². The average molecular weight is 350 g/mol. The Bertz CT molecular complexity index is 673. The monoisotopic (exact) mass is 349 g/mol. The molecule has 0 aliphatic carbocycles. The molecule has 0 N–H and O–H groups in total. The Morgan fingerprint density at radius 2 is 1.27 bits per heavy atom. The minimum atomic E-state index is 1.16. The highest BCUT2D eigenvalue weighted by Gasteiger charge is 2.04. The zero-order valence-corrected chi connectivity index (χ0v) is 16.6. The number of hydrogen-bond donors (Lipinski definition) is 0. The SMILES string of the molecule is CCCCN(CCCC)c1ccc(C=CC=Cc2cc[n+](C)cc2)cc1. The zero-order valence-electron chi connectivity index (χ0n) is 16.6. The van der Waals surface area contributed by atoms with E-state index in [0.717, 1.165) is 13.1 Å². The molecule has 1 aromatic heterocycles. The molecular formula is C24H33N2+. The van der Waals surface area contributed by atoms with Gasteiger partial charge in [0.05, 0.1) is 0 Å². The Morgan fingerprint density at radius 1 is 0.769 bits per heavy atom. The van der Waals surface area contributed by atoms with E-state index in [0.29, 0.717) is 0 Å². The minimum absolute atomic E-state index is 1.16. The standard InChI is InChI=1S/C24H33N2/c1-4-6-18-26(19-7-5-2)24-14-12-22(13-15-24)10-8-9-11-23-16-20-25(3)21-17-23/h8-17,20-21H,4-7,18-19H2,1-3H3/q+1. The number of aromatic nitrogens is 1. The Hall–Kier alpha value is -2.35. The summed E-state index contributed by atoms with van der Waals surface area (Å²) in [5.74, 6) is 0. The second-order valence-corrected chi connectivity index (χ2v) is 6.80. The topological polar surface area (TPSA) is 7.12 Å². The summed E-state index contributed by atoms with van der Waals surface area (Å²) in [4.78, 5) is 2.52. The van der Waals surface area contributed by atoms with E-state index in [4.69, 9.17) is 0 Å². The highest BCUT2D eigenvalue weighted by Crippen LogP contribution is 2.18. The van der Waals surface area contributed by atoms with Crippen molar-refractivity contribution in [2.24, 2.45) is 7.05 Å². The van der Waals surface area contributed by atoms with Gasteiger partial charge in [-0.2, -0.15) is 0 Å². The van der Waals surface area contributed by atoms with Crippen molar-refractivity contribution in [2.45, 2.75) is 39.5 Å². The fourth-order valence-electron chi connectivity index (χ4n) is 2.82. The lowest BCUT2D eigenvalue weighted by atomic mass is 10.1. The number of unbranched alkanes of at least 4 members (excludes halogenated alkanes) is 2. The Labute approximate surface area is 159 Å². The molecule has 0 bridgehead atoms. The van der Waals surface area contributed by atoms with Gasteiger partial charge in [0, 0.05) is 30.9 Å². The van der Waals surface area contributed by atoms with Crippen LogP contribution < -0.4 is 9.47 Å². The third kappa shape index (κ3) is 6.87. The van der Waals surface area contributed by atoms with E-state index in [1.165, 1.54) is 42.5 Å². The van der Waals surface area contributed by atoms with Crippen LogP contribution in [0.1, 0.15) is 50.7 Å². The summed E-state index contributed by atoms with van der Waals surface area (Å²) < 4.78 is 2.04. The highest BCUT2D eigenvalue weighted by molar-refractivity contribution is 5.59. The maximum Gasteiger partial charge on any atom is 0.169 e. The van der Waals surface area contributed by atoms with Crippen molar-refractivity contribution in [2.75, 3.05) is 18.0 Å². The first-order valence-electron chi connectivity index (χ1n) is 9.88. The lowest BCUT2D eigenvalue weighted by Crippen LogP contribution is -2.25. The van der Waals surface area contributed by atoms with Crippen LogP contribution in [0.4, 0.5) is 5.69 Å². The third-order valence-electron chi connectivity index (χ3n) is 4.51.